The van der Waals surface area contributed by atoms with Crippen molar-refractivity contribution in [2.75, 3.05) is 7.11 Å². The third kappa shape index (κ3) is 4.38. The number of aromatic nitrogens is 5. The normalized spacial score (nSPS) is 11.1. The number of nitrogens with zero attached hydrogens (tertiary/aromatic N) is 5. The van der Waals surface area contributed by atoms with Crippen LogP contribution in [0.15, 0.2) is 64.9 Å². The molecule has 1 N–H and O–H groups in total. The maximum absolute atomic E-state index is 13.7. The van der Waals surface area contributed by atoms with Crippen molar-refractivity contribution in [1.29, 1.82) is 0 Å². The molecule has 0 unspecified atom stereocenters. The minimum atomic E-state index is -0.254. The molecule has 0 bridgehead atoms. The van der Waals surface area contributed by atoms with Gasteiger partial charge in [0.1, 0.15) is 17.1 Å². The second kappa shape index (κ2) is 9.74. The maximum Gasteiger partial charge on any atom is 0.268 e. The van der Waals surface area contributed by atoms with Crippen molar-refractivity contribution in [3.05, 3.63) is 93.2 Å². The molecule has 0 fully saturated rings. The average Bonchev–Trinajstić information content (AvgIpc) is 3.46. The van der Waals surface area contributed by atoms with Crippen LogP contribution in [0.3, 0.4) is 0 Å². The summed E-state index contributed by atoms with van der Waals surface area (Å²) in [4.78, 5) is 35.7. The Labute approximate surface area is 211 Å². The number of amides is 1. The Morgan fingerprint density at radius 1 is 1.14 bits per heavy atom. The fraction of sp³-hybridized carbons (Fsp3) is 0.192. The number of ether oxygens (including phenoxy) is 1. The lowest BCUT2D eigenvalue weighted by atomic mass is 10.1. The minimum absolute atomic E-state index is 0.0472. The van der Waals surface area contributed by atoms with Gasteiger partial charge in [0.25, 0.3) is 5.56 Å². The number of thiazole rings is 1. The van der Waals surface area contributed by atoms with Crippen molar-refractivity contribution in [2.45, 2.75) is 26.8 Å². The lowest BCUT2D eigenvalue weighted by molar-refractivity contribution is -0.120. The second-order valence-electron chi connectivity index (χ2n) is 8.25. The molecule has 0 saturated carbocycles. The first-order chi connectivity index (χ1) is 17.5. The zero-order valence-corrected chi connectivity index (χ0v) is 20.9. The minimum Gasteiger partial charge on any atom is -0.494 e. The molecule has 0 spiro atoms. The van der Waals surface area contributed by atoms with Gasteiger partial charge in [-0.15, -0.1) is 11.3 Å². The van der Waals surface area contributed by atoms with Gasteiger partial charge in [0.05, 0.1) is 37.0 Å². The molecule has 0 atom stereocenters. The van der Waals surface area contributed by atoms with Crippen LogP contribution in [0.2, 0.25) is 0 Å². The summed E-state index contributed by atoms with van der Waals surface area (Å²) >= 11 is 1.33. The number of para-hydroxylation sites is 2. The van der Waals surface area contributed by atoms with Crippen molar-refractivity contribution < 1.29 is 9.53 Å². The van der Waals surface area contributed by atoms with E-state index in [1.807, 2.05) is 55.5 Å². The topological polar surface area (TPSA) is 103 Å². The van der Waals surface area contributed by atoms with E-state index in [-0.39, 0.29) is 17.9 Å². The van der Waals surface area contributed by atoms with E-state index in [1.54, 1.807) is 30.3 Å². The SMILES string of the molecule is COc1ccccc1-n1nc(-c2c(C)nc3scc(CC(=O)NCc4ccccn4)n3c2=O)cc1C. The van der Waals surface area contributed by atoms with Gasteiger partial charge >= 0.3 is 0 Å². The lowest BCUT2D eigenvalue weighted by Gasteiger charge is -2.09. The number of hydrogen-bond donors (Lipinski definition) is 1. The number of hydrogen-bond acceptors (Lipinski definition) is 7. The number of pyridine rings is 1. The summed E-state index contributed by atoms with van der Waals surface area (Å²) in [6.45, 7) is 4.04. The quantitative estimate of drug-likeness (QED) is 0.367. The Bertz CT molecular complexity index is 1620. The van der Waals surface area contributed by atoms with Crippen LogP contribution in [0.5, 0.6) is 5.75 Å². The summed E-state index contributed by atoms with van der Waals surface area (Å²) in [5.74, 6) is 0.472. The lowest BCUT2D eigenvalue weighted by Crippen LogP contribution is -2.27. The van der Waals surface area contributed by atoms with Crippen molar-refractivity contribution in [2.24, 2.45) is 0 Å². The van der Waals surface area contributed by atoms with Gasteiger partial charge in [-0.25, -0.2) is 9.67 Å². The Morgan fingerprint density at radius 2 is 1.94 bits per heavy atom. The number of benzene rings is 1. The van der Waals surface area contributed by atoms with Crippen molar-refractivity contribution in [3.63, 3.8) is 0 Å². The molecule has 5 rings (SSSR count). The fourth-order valence-corrected chi connectivity index (χ4v) is 5.01. The first kappa shape index (κ1) is 23.4. The highest BCUT2D eigenvalue weighted by Gasteiger charge is 2.20. The largest absolute Gasteiger partial charge is 0.494 e. The Balaban J connectivity index is 1.49. The van der Waals surface area contributed by atoms with Crippen LogP contribution >= 0.6 is 11.3 Å². The van der Waals surface area contributed by atoms with Gasteiger partial charge in [0.2, 0.25) is 5.91 Å². The molecule has 0 aliphatic carbocycles. The number of fused-ring (bicyclic) bond motifs is 1. The predicted molar refractivity (Wildman–Crippen MR) is 138 cm³/mol. The number of methoxy groups -OCH3 is 1. The number of rotatable bonds is 7. The molecule has 36 heavy (non-hydrogen) atoms. The van der Waals surface area contributed by atoms with Crippen LogP contribution in [0.4, 0.5) is 0 Å². The highest BCUT2D eigenvalue weighted by Crippen LogP contribution is 2.27. The molecule has 182 valence electrons. The average molecular weight is 501 g/mol. The molecule has 9 nitrogen and oxygen atoms in total. The van der Waals surface area contributed by atoms with Crippen LogP contribution < -0.4 is 15.6 Å². The van der Waals surface area contributed by atoms with E-state index in [2.05, 4.69) is 15.3 Å². The third-order valence-electron chi connectivity index (χ3n) is 5.81. The first-order valence-electron chi connectivity index (χ1n) is 11.3. The second-order valence-corrected chi connectivity index (χ2v) is 9.09. The molecule has 0 aliphatic rings. The van der Waals surface area contributed by atoms with E-state index in [0.29, 0.717) is 39.9 Å². The molecule has 0 saturated heterocycles. The highest BCUT2D eigenvalue weighted by molar-refractivity contribution is 7.15. The van der Waals surface area contributed by atoms with Gasteiger partial charge in [0.15, 0.2) is 4.96 Å². The molecule has 0 radical (unpaired) electrons. The highest BCUT2D eigenvalue weighted by atomic mass is 32.1. The summed E-state index contributed by atoms with van der Waals surface area (Å²) in [6, 6.07) is 15.0. The molecule has 1 aromatic carbocycles. The van der Waals surface area contributed by atoms with Crippen molar-refractivity contribution in [3.8, 4) is 22.7 Å². The van der Waals surface area contributed by atoms with Crippen molar-refractivity contribution >= 4 is 22.2 Å². The van der Waals surface area contributed by atoms with E-state index in [9.17, 15) is 9.59 Å². The Hall–Kier alpha value is -4.31. The maximum atomic E-state index is 13.7. The Morgan fingerprint density at radius 3 is 2.72 bits per heavy atom. The number of carbonyl (C=O) groups excluding carboxylic acids is 1. The fourth-order valence-electron chi connectivity index (χ4n) is 4.09. The number of aryl methyl sites for hydroxylation is 2. The predicted octanol–water partition coefficient (Wildman–Crippen LogP) is 3.49. The van der Waals surface area contributed by atoms with Gasteiger partial charge in [-0.2, -0.15) is 5.10 Å². The summed E-state index contributed by atoms with van der Waals surface area (Å²) in [5.41, 5.74) is 4.20. The Kier molecular flexibility index (Phi) is 6.34. The third-order valence-corrected chi connectivity index (χ3v) is 6.69. The summed E-state index contributed by atoms with van der Waals surface area (Å²) in [6.07, 6.45) is 1.73. The van der Waals surface area contributed by atoms with Gasteiger partial charge < -0.3 is 10.1 Å². The van der Waals surface area contributed by atoms with Gasteiger partial charge in [0, 0.05) is 23.0 Å². The van der Waals surface area contributed by atoms with Gasteiger partial charge in [-0.1, -0.05) is 18.2 Å². The van der Waals surface area contributed by atoms with E-state index < -0.39 is 0 Å². The van der Waals surface area contributed by atoms with Crippen LogP contribution in [0, 0.1) is 13.8 Å². The van der Waals surface area contributed by atoms with Crippen LogP contribution in [0.1, 0.15) is 22.8 Å². The van der Waals surface area contributed by atoms with E-state index in [1.165, 1.54) is 15.7 Å². The summed E-state index contributed by atoms with van der Waals surface area (Å²) < 4.78 is 8.74. The van der Waals surface area contributed by atoms with E-state index >= 15 is 0 Å². The molecule has 4 aromatic heterocycles. The molecule has 10 heteroatoms. The number of nitrogens with one attached hydrogen (secondary N) is 1. The molecule has 0 aliphatic heterocycles. The zero-order valence-electron chi connectivity index (χ0n) is 20.1. The smallest absolute Gasteiger partial charge is 0.268 e. The van der Waals surface area contributed by atoms with Crippen LogP contribution in [0.25, 0.3) is 21.9 Å². The molecule has 4 heterocycles. The van der Waals surface area contributed by atoms with Crippen molar-refractivity contribution in [1.82, 2.24) is 29.5 Å². The van der Waals surface area contributed by atoms with Crippen LogP contribution in [-0.2, 0) is 17.8 Å². The van der Waals surface area contributed by atoms with E-state index in [0.717, 1.165) is 17.1 Å². The van der Waals surface area contributed by atoms with Gasteiger partial charge in [-0.3, -0.25) is 19.0 Å². The molecular weight excluding hydrogens is 476 g/mol. The molecular formula is C26H24N6O3S. The summed E-state index contributed by atoms with van der Waals surface area (Å²) in [7, 11) is 1.61. The number of carbonyl (C=O) groups is 1. The standard InChI is InChI=1S/C26H24N6O3S/c1-16-12-20(30-32(16)21-9-4-5-10-22(21)35-3)24-17(2)29-26-31(25(24)34)19(15-36-26)13-23(33)28-14-18-8-6-7-11-27-18/h4-12,15H,13-14H2,1-3H3,(H,28,33). The van der Waals surface area contributed by atoms with Gasteiger partial charge in [-0.05, 0) is 44.2 Å². The monoisotopic (exact) mass is 500 g/mol. The van der Waals surface area contributed by atoms with E-state index in [4.69, 9.17) is 9.84 Å². The first-order valence-corrected chi connectivity index (χ1v) is 12.2. The zero-order chi connectivity index (χ0) is 25.2. The molecule has 5 aromatic rings. The summed E-state index contributed by atoms with van der Waals surface area (Å²) in [5, 5.41) is 9.38. The van der Waals surface area contributed by atoms with Crippen LogP contribution in [-0.4, -0.2) is 37.2 Å². The molecule has 1 amide bonds.